The number of aromatic nitrogens is 2. The molecule has 17 heavy (non-hydrogen) atoms. The fraction of sp³-hybridized carbons (Fsp3) is 0.500. The zero-order valence-corrected chi connectivity index (χ0v) is 10.9. The van der Waals surface area contributed by atoms with Crippen LogP contribution < -0.4 is 10.5 Å². The molecule has 0 bridgehead atoms. The van der Waals surface area contributed by atoms with Crippen molar-refractivity contribution in [1.29, 1.82) is 0 Å². The third kappa shape index (κ3) is 2.99. The van der Waals surface area contributed by atoms with Gasteiger partial charge in [0, 0.05) is 12.7 Å². The highest BCUT2D eigenvalue weighted by Gasteiger charge is 2.27. The van der Waals surface area contributed by atoms with Gasteiger partial charge in [0.05, 0.1) is 5.54 Å². The Hall–Kier alpha value is -1.52. The molecule has 0 amide bonds. The molecular formula is C10H16N4O2S. The third-order valence-corrected chi connectivity index (χ3v) is 3.79. The molecule has 0 saturated heterocycles. The van der Waals surface area contributed by atoms with E-state index in [1.165, 1.54) is 10.9 Å². The van der Waals surface area contributed by atoms with E-state index in [-0.39, 0.29) is 10.7 Å². The first-order valence-electron chi connectivity index (χ1n) is 5.06. The van der Waals surface area contributed by atoms with Gasteiger partial charge < -0.3 is 5.73 Å². The van der Waals surface area contributed by atoms with Crippen LogP contribution in [0.15, 0.2) is 11.1 Å². The van der Waals surface area contributed by atoms with Crippen molar-refractivity contribution in [2.45, 2.75) is 37.8 Å². The molecule has 0 saturated carbocycles. The average molecular weight is 256 g/mol. The summed E-state index contributed by atoms with van der Waals surface area (Å²) in [6.07, 6.45) is 6.61. The molecule has 0 atom stereocenters. The summed E-state index contributed by atoms with van der Waals surface area (Å²) < 4.78 is 27.9. The number of rotatable bonds is 4. The summed E-state index contributed by atoms with van der Waals surface area (Å²) >= 11 is 0. The van der Waals surface area contributed by atoms with E-state index in [0.29, 0.717) is 6.54 Å². The van der Waals surface area contributed by atoms with Gasteiger partial charge in [0.2, 0.25) is 10.0 Å². The van der Waals surface area contributed by atoms with Crippen LogP contribution in [0.4, 0.5) is 5.82 Å². The van der Waals surface area contributed by atoms with E-state index in [1.807, 2.05) is 6.92 Å². The maximum atomic E-state index is 12.0. The molecule has 0 spiro atoms. The Morgan fingerprint density at radius 3 is 2.65 bits per heavy atom. The van der Waals surface area contributed by atoms with E-state index in [1.54, 1.807) is 13.8 Å². The molecular weight excluding hydrogens is 240 g/mol. The summed E-state index contributed by atoms with van der Waals surface area (Å²) in [4.78, 5) is -0.0531. The van der Waals surface area contributed by atoms with Crippen molar-refractivity contribution in [3.05, 3.63) is 6.20 Å². The molecule has 1 aromatic rings. The number of nitrogens with one attached hydrogen (secondary N) is 1. The minimum atomic E-state index is -3.75. The lowest BCUT2D eigenvalue weighted by atomic mass is 10.1. The van der Waals surface area contributed by atoms with Gasteiger partial charge in [-0.1, -0.05) is 5.92 Å². The van der Waals surface area contributed by atoms with Crippen LogP contribution in [-0.4, -0.2) is 23.7 Å². The van der Waals surface area contributed by atoms with E-state index < -0.39 is 15.6 Å². The van der Waals surface area contributed by atoms with E-state index in [9.17, 15) is 8.42 Å². The lowest BCUT2D eigenvalue weighted by Gasteiger charge is -2.18. The van der Waals surface area contributed by atoms with Crippen LogP contribution in [0, 0.1) is 12.3 Å². The Morgan fingerprint density at radius 2 is 2.24 bits per heavy atom. The Bertz CT molecular complexity index is 551. The summed E-state index contributed by atoms with van der Waals surface area (Å²) in [5.41, 5.74) is 4.59. The smallest absolute Gasteiger partial charge is 0.247 e. The van der Waals surface area contributed by atoms with Crippen molar-refractivity contribution in [1.82, 2.24) is 14.5 Å². The highest BCUT2D eigenvalue weighted by atomic mass is 32.2. The van der Waals surface area contributed by atoms with E-state index >= 15 is 0 Å². The van der Waals surface area contributed by atoms with E-state index in [4.69, 9.17) is 12.2 Å². The molecule has 6 nitrogen and oxygen atoms in total. The Balaban J connectivity index is 3.15. The highest BCUT2D eigenvalue weighted by molar-refractivity contribution is 7.89. The molecule has 1 heterocycles. The molecule has 7 heteroatoms. The van der Waals surface area contributed by atoms with Crippen LogP contribution >= 0.6 is 0 Å². The van der Waals surface area contributed by atoms with Crippen LogP contribution in [0.1, 0.15) is 20.8 Å². The van der Waals surface area contributed by atoms with Crippen molar-refractivity contribution >= 4 is 15.8 Å². The molecule has 0 unspecified atom stereocenters. The van der Waals surface area contributed by atoms with Gasteiger partial charge in [-0.05, 0) is 20.8 Å². The lowest BCUT2D eigenvalue weighted by molar-refractivity contribution is 0.539. The van der Waals surface area contributed by atoms with Gasteiger partial charge in [0.25, 0.3) is 0 Å². The van der Waals surface area contributed by atoms with Crippen molar-refractivity contribution in [3.63, 3.8) is 0 Å². The molecule has 1 aromatic heterocycles. The second-order valence-electron chi connectivity index (χ2n) is 4.11. The highest BCUT2D eigenvalue weighted by Crippen LogP contribution is 2.18. The monoisotopic (exact) mass is 256 g/mol. The summed E-state index contributed by atoms with van der Waals surface area (Å²) in [6, 6.07) is 0. The second-order valence-corrected chi connectivity index (χ2v) is 5.76. The number of nitrogen functional groups attached to an aromatic ring is 1. The summed E-state index contributed by atoms with van der Waals surface area (Å²) in [7, 11) is -3.75. The van der Waals surface area contributed by atoms with Crippen LogP contribution in [0.2, 0.25) is 0 Å². The van der Waals surface area contributed by atoms with E-state index in [2.05, 4.69) is 15.7 Å². The van der Waals surface area contributed by atoms with Gasteiger partial charge >= 0.3 is 0 Å². The molecule has 94 valence electrons. The minimum absolute atomic E-state index is 0.0350. The van der Waals surface area contributed by atoms with Gasteiger partial charge in [-0.2, -0.15) is 9.82 Å². The number of anilines is 1. The molecule has 3 N–H and O–H groups in total. The predicted molar refractivity (Wildman–Crippen MR) is 65.5 cm³/mol. The van der Waals surface area contributed by atoms with Gasteiger partial charge in [-0.3, -0.25) is 4.68 Å². The zero-order chi connectivity index (χ0) is 13.3. The van der Waals surface area contributed by atoms with Crippen molar-refractivity contribution < 1.29 is 8.42 Å². The Labute approximate surface area is 101 Å². The summed E-state index contributed by atoms with van der Waals surface area (Å²) in [5.74, 6) is 2.31. The maximum absolute atomic E-state index is 12.0. The quantitative estimate of drug-likeness (QED) is 0.752. The molecule has 0 radical (unpaired) electrons. The number of nitrogens with zero attached hydrogens (tertiary/aromatic N) is 2. The molecule has 0 aliphatic rings. The first kappa shape index (κ1) is 13.5. The van der Waals surface area contributed by atoms with Gasteiger partial charge in [-0.25, -0.2) is 8.42 Å². The molecule has 1 rings (SSSR count). The van der Waals surface area contributed by atoms with Crippen molar-refractivity contribution in [2.24, 2.45) is 0 Å². The molecule has 0 aliphatic carbocycles. The second kappa shape index (κ2) is 4.39. The van der Waals surface area contributed by atoms with Crippen molar-refractivity contribution in [3.8, 4) is 12.3 Å². The maximum Gasteiger partial charge on any atom is 0.247 e. The first-order valence-corrected chi connectivity index (χ1v) is 6.55. The van der Waals surface area contributed by atoms with Gasteiger partial charge in [0.15, 0.2) is 5.82 Å². The number of hydrogen-bond donors (Lipinski definition) is 2. The third-order valence-electron chi connectivity index (χ3n) is 2.12. The number of hydrogen-bond acceptors (Lipinski definition) is 4. The lowest BCUT2D eigenvalue weighted by Crippen LogP contribution is -2.42. The molecule has 0 aliphatic heterocycles. The molecule has 0 fully saturated rings. The number of terminal acetylenes is 1. The van der Waals surface area contributed by atoms with E-state index in [0.717, 1.165) is 0 Å². The van der Waals surface area contributed by atoms with Crippen LogP contribution in [-0.2, 0) is 16.6 Å². The van der Waals surface area contributed by atoms with Crippen LogP contribution in [0.25, 0.3) is 0 Å². The van der Waals surface area contributed by atoms with Crippen LogP contribution in [0.5, 0.6) is 0 Å². The largest absolute Gasteiger partial charge is 0.381 e. The number of aryl methyl sites for hydroxylation is 1. The average Bonchev–Trinajstić information content (AvgIpc) is 2.59. The minimum Gasteiger partial charge on any atom is -0.381 e. The number of sulfonamides is 1. The Kier molecular flexibility index (Phi) is 3.50. The fourth-order valence-corrected chi connectivity index (χ4v) is 2.62. The predicted octanol–water partition coefficient (Wildman–Crippen LogP) is 0.175. The number of nitrogens with two attached hydrogens (primary N) is 1. The first-order chi connectivity index (χ1) is 7.72. The normalized spacial score (nSPS) is 12.4. The van der Waals surface area contributed by atoms with Gasteiger partial charge in [0.1, 0.15) is 4.90 Å². The summed E-state index contributed by atoms with van der Waals surface area (Å²) in [5, 5.41) is 3.87. The fourth-order valence-electron chi connectivity index (χ4n) is 1.21. The SMILES string of the molecule is C#CC(C)(C)NS(=O)(=O)c1cn(CC)nc1N. The summed E-state index contributed by atoms with van der Waals surface area (Å²) in [6.45, 7) is 5.55. The molecule has 0 aromatic carbocycles. The topological polar surface area (TPSA) is 90.0 Å². The Morgan fingerprint density at radius 1 is 1.65 bits per heavy atom. The van der Waals surface area contributed by atoms with Crippen molar-refractivity contribution in [2.75, 3.05) is 5.73 Å². The standard InChI is InChI=1S/C10H16N4O2S/c1-5-10(3,4)13-17(15,16)8-7-14(6-2)12-9(8)11/h1,7,13H,6H2,2-4H3,(H2,11,12). The zero-order valence-electron chi connectivity index (χ0n) is 10.1. The van der Waals surface area contributed by atoms with Gasteiger partial charge in [-0.15, -0.1) is 6.42 Å². The van der Waals surface area contributed by atoms with Crippen LogP contribution in [0.3, 0.4) is 0 Å².